The van der Waals surface area contributed by atoms with E-state index in [-0.39, 0.29) is 0 Å². The first kappa shape index (κ1) is 59.0. The molecule has 0 fully saturated rings. The van der Waals surface area contributed by atoms with Gasteiger partial charge in [-0.05, 0) is 142 Å². The van der Waals surface area contributed by atoms with Crippen LogP contribution in [0.5, 0.6) is 23.0 Å². The van der Waals surface area contributed by atoms with Crippen molar-refractivity contribution in [3.8, 4) is 45.7 Å². The van der Waals surface area contributed by atoms with Gasteiger partial charge in [0.15, 0.2) is 0 Å². The molecule has 0 aliphatic heterocycles. The zero-order chi connectivity index (χ0) is 60.8. The first-order valence-electron chi connectivity index (χ1n) is 30.2. The quantitative estimate of drug-likeness (QED) is 0.0283. The van der Waals surface area contributed by atoms with Gasteiger partial charge in [0.2, 0.25) is 25.3 Å². The molecule has 4 aromatic heterocycles. The summed E-state index contributed by atoms with van der Waals surface area (Å²) >= 11 is 0. The standard InChI is InChI=1S/C73H76N12O4/c74-33-45-86-69-25-17-65(18-26-69)82-41-37-78(53-82)49-57-1-9-61(10-2-57)73(62-11-3-58(4-12-62)50-79-38-42-83(54-79)66-19-27-70(28-20-66)87-46-34-75,63-13-5-59(6-14-63)51-80-39-43-84(55-80)67-21-29-71(30-22-67)88-47-35-76)64-15-7-60(8-16-64)52-81-40-44-85(56-81)68-23-31-72(32-24-68)89-48-36-77/h1-32,37-44,53-56H,33-36,45-52,74-77H2/q+4. The molecule has 448 valence electrons. The number of imidazole rings is 4. The minimum absolute atomic E-state index is 0.470. The van der Waals surface area contributed by atoms with Gasteiger partial charge in [0.25, 0.3) is 0 Å². The van der Waals surface area contributed by atoms with Crippen molar-refractivity contribution in [2.24, 2.45) is 22.9 Å². The molecule has 16 nitrogen and oxygen atoms in total. The summed E-state index contributed by atoms with van der Waals surface area (Å²) in [4.78, 5) is 0. The summed E-state index contributed by atoms with van der Waals surface area (Å²) in [5.74, 6) is 3.20. The number of nitrogens with two attached hydrogens (primary N) is 4. The van der Waals surface area contributed by atoms with Crippen LogP contribution in [0.15, 0.2) is 269 Å². The Labute approximate surface area is 519 Å². The van der Waals surface area contributed by atoms with Crippen molar-refractivity contribution in [2.75, 3.05) is 52.6 Å². The van der Waals surface area contributed by atoms with Crippen molar-refractivity contribution >= 4 is 0 Å². The van der Waals surface area contributed by atoms with Crippen molar-refractivity contribution in [3.05, 3.63) is 314 Å². The van der Waals surface area contributed by atoms with Crippen molar-refractivity contribution in [3.63, 3.8) is 0 Å². The van der Waals surface area contributed by atoms with E-state index < -0.39 is 5.41 Å². The van der Waals surface area contributed by atoms with Gasteiger partial charge in [0.1, 0.15) is 148 Å². The van der Waals surface area contributed by atoms with E-state index in [4.69, 9.17) is 41.9 Å². The lowest BCUT2D eigenvalue weighted by Crippen LogP contribution is -2.34. The Kier molecular flexibility index (Phi) is 18.6. The van der Waals surface area contributed by atoms with E-state index in [1.807, 2.05) is 48.5 Å². The molecule has 12 aromatic rings. The summed E-state index contributed by atoms with van der Waals surface area (Å²) in [7, 11) is 0. The fraction of sp³-hybridized carbons (Fsp3) is 0.178. The van der Waals surface area contributed by atoms with Crippen LogP contribution < -0.4 is 60.2 Å². The highest BCUT2D eigenvalue weighted by molar-refractivity contribution is 5.61. The van der Waals surface area contributed by atoms with E-state index in [0.29, 0.717) is 78.8 Å². The van der Waals surface area contributed by atoms with Crippen LogP contribution in [0.25, 0.3) is 22.7 Å². The summed E-state index contributed by atoms with van der Waals surface area (Å²) in [5, 5.41) is 0. The minimum atomic E-state index is -0.742. The van der Waals surface area contributed by atoms with Gasteiger partial charge in [-0.15, -0.1) is 0 Å². The maximum atomic E-state index is 5.74. The third-order valence-corrected chi connectivity index (χ3v) is 15.9. The normalized spacial score (nSPS) is 11.5. The second-order valence-electron chi connectivity index (χ2n) is 22.0. The van der Waals surface area contributed by atoms with Crippen LogP contribution >= 0.6 is 0 Å². The third kappa shape index (κ3) is 14.1. The molecule has 0 amide bonds. The molecule has 0 bridgehead atoms. The maximum absolute atomic E-state index is 5.74. The first-order chi connectivity index (χ1) is 43.8. The summed E-state index contributed by atoms with van der Waals surface area (Å²) in [6, 6.07) is 69.1. The molecule has 12 rings (SSSR count). The minimum Gasteiger partial charge on any atom is -0.492 e. The second kappa shape index (κ2) is 28.0. The fourth-order valence-electron chi connectivity index (χ4n) is 11.4. The van der Waals surface area contributed by atoms with Gasteiger partial charge in [-0.1, -0.05) is 97.1 Å². The molecule has 8 aromatic carbocycles. The molecule has 0 unspecified atom stereocenters. The molecule has 16 heteroatoms. The average molecular weight is 1190 g/mol. The fourth-order valence-corrected chi connectivity index (χ4v) is 11.4. The number of ether oxygens (including phenoxy) is 4. The van der Waals surface area contributed by atoms with Crippen molar-refractivity contribution < 1.29 is 37.2 Å². The Morgan fingerprint density at radius 2 is 0.472 bits per heavy atom. The predicted octanol–water partition coefficient (Wildman–Crippen LogP) is 7.93. The highest BCUT2D eigenvalue weighted by Crippen LogP contribution is 2.45. The monoisotopic (exact) mass is 1180 g/mol. The second-order valence-corrected chi connectivity index (χ2v) is 22.0. The summed E-state index contributed by atoms with van der Waals surface area (Å²) < 4.78 is 40.3. The van der Waals surface area contributed by atoms with Crippen molar-refractivity contribution in [1.29, 1.82) is 0 Å². The Morgan fingerprint density at radius 1 is 0.270 bits per heavy atom. The lowest BCUT2D eigenvalue weighted by molar-refractivity contribution is -0.687. The Bertz CT molecular complexity index is 3610. The summed E-state index contributed by atoms with van der Waals surface area (Å²) in [5.41, 5.74) is 35.4. The topological polar surface area (TPSA) is 176 Å². The number of nitrogens with zero attached hydrogens (tertiary/aromatic N) is 8. The van der Waals surface area contributed by atoms with Gasteiger partial charge >= 0.3 is 0 Å². The van der Waals surface area contributed by atoms with Gasteiger partial charge in [-0.3, -0.25) is 0 Å². The van der Waals surface area contributed by atoms with Gasteiger partial charge in [0.05, 0.1) is 5.41 Å². The molecule has 0 aliphatic rings. The van der Waals surface area contributed by atoms with E-state index in [1.165, 1.54) is 22.3 Å². The van der Waals surface area contributed by atoms with Crippen molar-refractivity contribution in [1.82, 2.24) is 18.3 Å². The molecule has 0 atom stereocenters. The Hall–Kier alpha value is -10.4. The average Bonchev–Trinajstić information content (AvgIpc) is 1.65. The van der Waals surface area contributed by atoms with Crippen molar-refractivity contribution in [2.45, 2.75) is 31.6 Å². The molecule has 8 N–H and O–H groups in total. The molecule has 0 saturated heterocycles. The zero-order valence-electron chi connectivity index (χ0n) is 49.9. The highest BCUT2D eigenvalue weighted by Gasteiger charge is 2.39. The zero-order valence-corrected chi connectivity index (χ0v) is 49.9. The highest BCUT2D eigenvalue weighted by atomic mass is 16.5. The van der Waals surface area contributed by atoms with Crippen LogP contribution in [0.4, 0.5) is 0 Å². The first-order valence-corrected chi connectivity index (χ1v) is 30.2. The predicted molar refractivity (Wildman–Crippen MR) is 343 cm³/mol. The molecule has 4 heterocycles. The molecule has 0 saturated carbocycles. The van der Waals surface area contributed by atoms with Crippen LogP contribution in [0.1, 0.15) is 44.5 Å². The lowest BCUT2D eigenvalue weighted by atomic mass is 9.65. The molecular formula is C73H76N12O4+4. The largest absolute Gasteiger partial charge is 0.492 e. The third-order valence-electron chi connectivity index (χ3n) is 15.9. The van der Waals surface area contributed by atoms with Crippen LogP contribution in [0, 0.1) is 0 Å². The van der Waals surface area contributed by atoms with Crippen LogP contribution in [0.2, 0.25) is 0 Å². The smallest absolute Gasteiger partial charge is 0.249 e. The maximum Gasteiger partial charge on any atom is 0.249 e. The van der Waals surface area contributed by atoms with Gasteiger partial charge in [-0.2, -0.15) is 0 Å². The SMILES string of the molecule is NCCOc1ccc(-n2cc[n+](Cc3ccc(C(c4ccc(C[n+]5ccn(-c6ccc(OCCN)cc6)c5)cc4)(c4ccc(C[n+]5ccn(-c6ccc(OCCN)cc6)c5)cc4)c4ccc(C[n+]5ccn(-c6ccc(OCCN)cc6)c5)cc4)cc3)c2)cc1. The molecule has 0 aliphatic carbocycles. The molecule has 89 heavy (non-hydrogen) atoms. The van der Waals surface area contributed by atoms with E-state index in [1.54, 1.807) is 0 Å². The Balaban J connectivity index is 0.885. The van der Waals surface area contributed by atoms with Crippen LogP contribution in [0.3, 0.4) is 0 Å². The van der Waals surface area contributed by atoms with Gasteiger partial charge in [-0.25, -0.2) is 36.5 Å². The van der Waals surface area contributed by atoms with Crippen LogP contribution in [-0.2, 0) is 31.6 Å². The molecular weight excluding hydrogens is 1110 g/mol. The Morgan fingerprint density at radius 3 is 0.663 bits per heavy atom. The van der Waals surface area contributed by atoms with Crippen LogP contribution in [-0.4, -0.2) is 70.9 Å². The van der Waals surface area contributed by atoms with E-state index in [2.05, 4.69) is 257 Å². The number of hydrogen-bond donors (Lipinski definition) is 4. The lowest BCUT2D eigenvalue weighted by Gasteiger charge is -2.37. The van der Waals surface area contributed by atoms with E-state index in [0.717, 1.165) is 68.0 Å². The molecule has 0 radical (unpaired) electrons. The van der Waals surface area contributed by atoms with E-state index >= 15 is 0 Å². The van der Waals surface area contributed by atoms with E-state index in [9.17, 15) is 0 Å². The number of hydrogen-bond acceptors (Lipinski definition) is 8. The van der Waals surface area contributed by atoms with Gasteiger partial charge in [0, 0.05) is 26.2 Å². The number of rotatable bonds is 28. The summed E-state index contributed by atoms with van der Waals surface area (Å²) in [6.45, 7) is 6.55. The van der Waals surface area contributed by atoms with Gasteiger partial charge < -0.3 is 41.9 Å². The molecule has 0 spiro atoms. The number of aromatic nitrogens is 8. The number of benzene rings is 8. The summed E-state index contributed by atoms with van der Waals surface area (Å²) in [6.07, 6.45) is 25.3.